The molecule has 5 heteroatoms. The number of nitrogens with zero attached hydrogens (tertiary/aromatic N) is 1. The van der Waals surface area contributed by atoms with Crippen LogP contribution in [0, 0.1) is 11.3 Å². The molecule has 0 aliphatic rings. The Morgan fingerprint density at radius 1 is 0.900 bits per heavy atom. The van der Waals surface area contributed by atoms with Crippen LogP contribution in [0.25, 0.3) is 12.2 Å². The van der Waals surface area contributed by atoms with Gasteiger partial charge in [0.1, 0.15) is 0 Å². The van der Waals surface area contributed by atoms with Crippen LogP contribution in [0.1, 0.15) is 16.7 Å². The zero-order valence-corrected chi connectivity index (χ0v) is 10.4. The second kappa shape index (κ2) is 5.66. The van der Waals surface area contributed by atoms with E-state index in [-0.39, 0.29) is 0 Å². The fourth-order valence-corrected chi connectivity index (χ4v) is 1.76. The van der Waals surface area contributed by atoms with Gasteiger partial charge in [-0.05, 0) is 17.2 Å². The predicted octanol–water partition coefficient (Wildman–Crippen LogP) is 3.78. The normalized spacial score (nSPS) is 11.5. The maximum absolute atomic E-state index is 12.5. The minimum absolute atomic E-state index is 0.527. The van der Waals surface area contributed by atoms with Crippen LogP contribution >= 0.6 is 0 Å². The van der Waals surface area contributed by atoms with Gasteiger partial charge in [-0.2, -0.15) is 5.26 Å². The zero-order chi connectivity index (χ0) is 14.6. The summed E-state index contributed by atoms with van der Waals surface area (Å²) >= 11 is 0. The van der Waals surface area contributed by atoms with Crippen molar-refractivity contribution in [3.05, 3.63) is 65.2 Å². The smallest absolute Gasteiger partial charge is 0.445 e. The summed E-state index contributed by atoms with van der Waals surface area (Å²) in [4.78, 5) is 0. The Labute approximate surface area is 115 Å². The molecule has 0 unspecified atom stereocenters. The van der Waals surface area contributed by atoms with Crippen molar-refractivity contribution in [3.8, 4) is 6.07 Å². The minimum atomic E-state index is -4.95. The van der Waals surface area contributed by atoms with Crippen LogP contribution in [0.3, 0.4) is 0 Å². The average molecular weight is 272 g/mol. The predicted molar refractivity (Wildman–Crippen MR) is 75.2 cm³/mol. The number of rotatable bonds is 3. The molecule has 100 valence electrons. The second-order valence-corrected chi connectivity index (χ2v) is 4.27. The maximum atomic E-state index is 12.5. The monoisotopic (exact) mass is 272 g/mol. The van der Waals surface area contributed by atoms with Gasteiger partial charge in [-0.3, -0.25) is 0 Å². The van der Waals surface area contributed by atoms with E-state index in [1.54, 1.807) is 36.4 Å². The molecule has 0 amide bonds. The molecule has 0 saturated carbocycles. The summed E-state index contributed by atoms with van der Waals surface area (Å²) in [6, 6.07) is 14.1. The molecule has 0 atom stereocenters. The fourth-order valence-electron chi connectivity index (χ4n) is 1.76. The fraction of sp³-hybridized carbons (Fsp3) is 0. The first-order valence-corrected chi connectivity index (χ1v) is 5.98. The highest BCUT2D eigenvalue weighted by Gasteiger charge is 2.24. The third-order valence-electron chi connectivity index (χ3n) is 2.85. The lowest BCUT2D eigenvalue weighted by Gasteiger charge is -2.14. The summed E-state index contributed by atoms with van der Waals surface area (Å²) in [6.07, 6.45) is 3.40. The highest BCUT2D eigenvalue weighted by atomic mass is 19.4. The Morgan fingerprint density at radius 2 is 1.55 bits per heavy atom. The molecule has 2 aromatic carbocycles. The van der Waals surface area contributed by atoms with Gasteiger partial charge in [0.2, 0.25) is 0 Å². The van der Waals surface area contributed by atoms with Gasteiger partial charge in [0.25, 0.3) is 0 Å². The third-order valence-corrected chi connectivity index (χ3v) is 2.85. The van der Waals surface area contributed by atoms with Crippen molar-refractivity contribution in [1.29, 1.82) is 5.26 Å². The summed E-state index contributed by atoms with van der Waals surface area (Å²) in [5.74, 6) is 0. The van der Waals surface area contributed by atoms with Crippen LogP contribution < -0.4 is 5.46 Å². The molecule has 0 bridgehead atoms. The summed E-state index contributed by atoms with van der Waals surface area (Å²) < 4.78 is 37.4. The van der Waals surface area contributed by atoms with Crippen LogP contribution in [-0.2, 0) is 0 Å². The van der Waals surface area contributed by atoms with E-state index in [1.165, 1.54) is 12.1 Å². The quantitative estimate of drug-likeness (QED) is 0.616. The largest absolute Gasteiger partial charge is 0.509 e. The summed E-state index contributed by atoms with van der Waals surface area (Å²) in [5.41, 5.74) is 1.30. The number of hydrogen-bond donors (Lipinski definition) is 0. The van der Waals surface area contributed by atoms with E-state index in [9.17, 15) is 12.9 Å². The molecule has 20 heavy (non-hydrogen) atoms. The van der Waals surface area contributed by atoms with Gasteiger partial charge in [0.05, 0.1) is 11.6 Å². The summed E-state index contributed by atoms with van der Waals surface area (Å²) in [6.45, 7) is -4.95. The first kappa shape index (κ1) is 13.9. The number of hydrogen-bond acceptors (Lipinski definition) is 1. The molecule has 0 saturated heterocycles. The van der Waals surface area contributed by atoms with Gasteiger partial charge in [-0.15, -0.1) is 5.46 Å². The van der Waals surface area contributed by atoms with Gasteiger partial charge in [0, 0.05) is 0 Å². The molecule has 0 aromatic heterocycles. The van der Waals surface area contributed by atoms with Crippen molar-refractivity contribution < 1.29 is 12.9 Å². The van der Waals surface area contributed by atoms with E-state index >= 15 is 0 Å². The van der Waals surface area contributed by atoms with Crippen molar-refractivity contribution in [1.82, 2.24) is 0 Å². The first-order valence-electron chi connectivity index (χ1n) is 5.98. The third kappa shape index (κ3) is 3.30. The van der Waals surface area contributed by atoms with Crippen LogP contribution in [0.5, 0.6) is 0 Å². The highest BCUT2D eigenvalue weighted by Crippen LogP contribution is 2.13. The van der Waals surface area contributed by atoms with E-state index in [0.29, 0.717) is 11.1 Å². The molecule has 0 radical (unpaired) electrons. The van der Waals surface area contributed by atoms with E-state index in [4.69, 9.17) is 5.26 Å². The Kier molecular flexibility index (Phi) is 3.95. The molecule has 1 nitrogen and oxygen atoms in total. The Hall–Kier alpha value is -2.48. The lowest BCUT2D eigenvalue weighted by atomic mass is 9.80. The standard InChI is InChI=1S/C15H10BF3N/c17-16(18,19)15-9-6-12(7-10-15)5-8-13-3-1-2-4-14(13)11-20/h1-10H/q-1/b8-5+. The molecule has 0 heterocycles. The molecule has 0 spiro atoms. The molecule has 0 N–H and O–H groups in total. The summed E-state index contributed by atoms with van der Waals surface area (Å²) in [7, 11) is 0. The van der Waals surface area contributed by atoms with Gasteiger partial charge in [0.15, 0.2) is 0 Å². The maximum Gasteiger partial charge on any atom is 0.509 e. The summed E-state index contributed by atoms with van der Waals surface area (Å²) in [5, 5.41) is 8.93. The number of nitriles is 1. The van der Waals surface area contributed by atoms with Crippen LogP contribution in [0.4, 0.5) is 12.9 Å². The topological polar surface area (TPSA) is 23.8 Å². The minimum Gasteiger partial charge on any atom is -0.445 e. The molecule has 2 aromatic rings. The van der Waals surface area contributed by atoms with Gasteiger partial charge >= 0.3 is 6.98 Å². The zero-order valence-electron chi connectivity index (χ0n) is 10.4. The van der Waals surface area contributed by atoms with Gasteiger partial charge in [-0.1, -0.05) is 54.6 Å². The van der Waals surface area contributed by atoms with Gasteiger partial charge in [-0.25, -0.2) is 0 Å². The Balaban J connectivity index is 2.22. The highest BCUT2D eigenvalue weighted by molar-refractivity contribution is 6.73. The molecule has 0 aliphatic carbocycles. The number of benzene rings is 2. The molecular formula is C15H10BF3N-. The van der Waals surface area contributed by atoms with Crippen LogP contribution in [0.2, 0.25) is 0 Å². The van der Waals surface area contributed by atoms with Crippen molar-refractivity contribution in [3.63, 3.8) is 0 Å². The Morgan fingerprint density at radius 3 is 2.15 bits per heavy atom. The SMILES string of the molecule is N#Cc1ccccc1/C=C/c1ccc([B-](F)(F)F)cc1. The molecule has 2 rings (SSSR count). The lowest BCUT2D eigenvalue weighted by molar-refractivity contribution is 0.501. The van der Waals surface area contributed by atoms with Crippen LogP contribution in [0.15, 0.2) is 48.5 Å². The van der Waals surface area contributed by atoms with E-state index in [2.05, 4.69) is 6.07 Å². The van der Waals surface area contributed by atoms with Crippen molar-refractivity contribution >= 4 is 24.6 Å². The van der Waals surface area contributed by atoms with E-state index in [0.717, 1.165) is 17.7 Å². The Bertz CT molecular complexity index is 667. The van der Waals surface area contributed by atoms with E-state index in [1.807, 2.05) is 0 Å². The van der Waals surface area contributed by atoms with Crippen molar-refractivity contribution in [2.45, 2.75) is 0 Å². The van der Waals surface area contributed by atoms with Crippen LogP contribution in [-0.4, -0.2) is 6.98 Å². The molecule has 0 aliphatic heterocycles. The van der Waals surface area contributed by atoms with E-state index < -0.39 is 12.4 Å². The molecule has 0 fully saturated rings. The van der Waals surface area contributed by atoms with Crippen molar-refractivity contribution in [2.75, 3.05) is 0 Å². The average Bonchev–Trinajstić information content (AvgIpc) is 2.45. The molecular weight excluding hydrogens is 262 g/mol. The second-order valence-electron chi connectivity index (χ2n) is 4.27. The lowest BCUT2D eigenvalue weighted by Crippen LogP contribution is -2.33. The van der Waals surface area contributed by atoms with Gasteiger partial charge < -0.3 is 12.9 Å². The number of halogens is 3. The first-order chi connectivity index (χ1) is 9.50. The van der Waals surface area contributed by atoms with Crippen molar-refractivity contribution in [2.24, 2.45) is 0 Å².